The Morgan fingerprint density at radius 2 is 2.00 bits per heavy atom. The van der Waals surface area contributed by atoms with Gasteiger partial charge in [-0.25, -0.2) is 0 Å². The summed E-state index contributed by atoms with van der Waals surface area (Å²) in [4.78, 5) is 4.44. The van der Waals surface area contributed by atoms with E-state index in [2.05, 4.69) is 36.4 Å². The summed E-state index contributed by atoms with van der Waals surface area (Å²) in [5.41, 5.74) is 5.00. The van der Waals surface area contributed by atoms with Crippen LogP contribution in [0.3, 0.4) is 0 Å². The molecule has 0 amide bonds. The molecule has 3 N–H and O–H groups in total. The van der Waals surface area contributed by atoms with E-state index in [1.165, 1.54) is 0 Å². The first-order valence-electron chi connectivity index (χ1n) is 5.53. The van der Waals surface area contributed by atoms with Gasteiger partial charge in [-0.05, 0) is 23.6 Å². The summed E-state index contributed by atoms with van der Waals surface area (Å²) in [5.74, 6) is 6.01. The zero-order valence-corrected chi connectivity index (χ0v) is 9.64. The van der Waals surface area contributed by atoms with Gasteiger partial charge in [-0.15, -0.1) is 0 Å². The first-order valence-corrected chi connectivity index (χ1v) is 5.53. The van der Waals surface area contributed by atoms with Crippen LogP contribution in [-0.4, -0.2) is 4.98 Å². The highest BCUT2D eigenvalue weighted by molar-refractivity contribution is 5.78. The molecule has 0 fully saturated rings. The van der Waals surface area contributed by atoms with Crippen molar-refractivity contribution >= 4 is 10.9 Å². The van der Waals surface area contributed by atoms with Crippen molar-refractivity contribution in [3.63, 3.8) is 0 Å². The average molecular weight is 215 g/mol. The minimum atomic E-state index is 0.150. The Kier molecular flexibility index (Phi) is 3.17. The largest absolute Gasteiger partial charge is 0.271 e. The highest BCUT2D eigenvalue weighted by atomic mass is 15.2. The van der Waals surface area contributed by atoms with Gasteiger partial charge in [-0.3, -0.25) is 16.3 Å². The lowest BCUT2D eigenvalue weighted by atomic mass is 9.97. The number of rotatable bonds is 3. The molecule has 0 bridgehead atoms. The Hall–Kier alpha value is -1.45. The van der Waals surface area contributed by atoms with E-state index in [-0.39, 0.29) is 6.04 Å². The molecule has 0 aliphatic heterocycles. The third-order valence-corrected chi connectivity index (χ3v) is 2.82. The molecule has 0 saturated carbocycles. The predicted molar refractivity (Wildman–Crippen MR) is 66.6 cm³/mol. The molecule has 1 unspecified atom stereocenters. The maximum atomic E-state index is 5.57. The fraction of sp³-hybridized carbons (Fsp3) is 0.308. The van der Waals surface area contributed by atoms with Crippen molar-refractivity contribution in [1.29, 1.82) is 0 Å². The third kappa shape index (κ3) is 2.05. The first kappa shape index (κ1) is 11.0. The number of nitrogens with two attached hydrogens (primary N) is 1. The van der Waals surface area contributed by atoms with Crippen LogP contribution in [0.25, 0.3) is 10.9 Å². The van der Waals surface area contributed by atoms with Gasteiger partial charge in [-0.2, -0.15) is 0 Å². The molecule has 1 heterocycles. The minimum absolute atomic E-state index is 0.150. The molecule has 16 heavy (non-hydrogen) atoms. The lowest BCUT2D eigenvalue weighted by Gasteiger charge is -2.20. The molecule has 1 aromatic carbocycles. The number of nitrogens with one attached hydrogen (secondary N) is 1. The summed E-state index contributed by atoms with van der Waals surface area (Å²) in [6.45, 7) is 4.28. The quantitative estimate of drug-likeness (QED) is 0.610. The minimum Gasteiger partial charge on any atom is -0.271 e. The number of fused-ring (bicyclic) bond motifs is 1. The van der Waals surface area contributed by atoms with E-state index in [0.29, 0.717) is 5.92 Å². The number of nitrogens with zero attached hydrogens (tertiary/aromatic N) is 1. The Bertz CT molecular complexity index is 479. The molecule has 2 rings (SSSR count). The van der Waals surface area contributed by atoms with Crippen LogP contribution < -0.4 is 11.3 Å². The van der Waals surface area contributed by atoms with Crippen LogP contribution in [0.4, 0.5) is 0 Å². The molecule has 0 aliphatic carbocycles. The van der Waals surface area contributed by atoms with Crippen molar-refractivity contribution in [2.45, 2.75) is 19.9 Å². The van der Waals surface area contributed by atoms with Crippen molar-refractivity contribution in [3.05, 3.63) is 42.1 Å². The smallest absolute Gasteiger partial charge is 0.0702 e. The molecular weight excluding hydrogens is 198 g/mol. The standard InChI is InChI=1S/C13H17N3/c1-9(2)13(16-14)11-7-10-5-3-4-6-12(10)15-8-11/h3-9,13,16H,14H2,1-2H3. The number of aromatic nitrogens is 1. The maximum Gasteiger partial charge on any atom is 0.0702 e. The fourth-order valence-corrected chi connectivity index (χ4v) is 1.93. The SMILES string of the molecule is CC(C)C(NN)c1cnc2ccccc2c1. The Labute approximate surface area is 95.7 Å². The number of pyridine rings is 1. The van der Waals surface area contributed by atoms with Gasteiger partial charge in [0.25, 0.3) is 0 Å². The zero-order valence-electron chi connectivity index (χ0n) is 9.64. The molecule has 0 spiro atoms. The second kappa shape index (κ2) is 4.60. The molecule has 1 atom stereocenters. The number of para-hydroxylation sites is 1. The number of hydrogen-bond acceptors (Lipinski definition) is 3. The van der Waals surface area contributed by atoms with Crippen molar-refractivity contribution in [2.24, 2.45) is 11.8 Å². The molecule has 1 aromatic heterocycles. The normalized spacial score (nSPS) is 13.2. The number of benzene rings is 1. The molecule has 0 saturated heterocycles. The highest BCUT2D eigenvalue weighted by Crippen LogP contribution is 2.22. The van der Waals surface area contributed by atoms with Gasteiger partial charge in [0.2, 0.25) is 0 Å². The summed E-state index contributed by atoms with van der Waals surface area (Å²) < 4.78 is 0. The van der Waals surface area contributed by atoms with E-state index < -0.39 is 0 Å². The van der Waals surface area contributed by atoms with Crippen molar-refractivity contribution in [2.75, 3.05) is 0 Å². The Morgan fingerprint density at radius 3 is 2.69 bits per heavy atom. The Morgan fingerprint density at radius 1 is 1.25 bits per heavy atom. The Balaban J connectivity index is 2.45. The van der Waals surface area contributed by atoms with Crippen molar-refractivity contribution < 1.29 is 0 Å². The van der Waals surface area contributed by atoms with Gasteiger partial charge in [-0.1, -0.05) is 32.0 Å². The maximum absolute atomic E-state index is 5.57. The van der Waals surface area contributed by atoms with Gasteiger partial charge in [0.05, 0.1) is 5.52 Å². The van der Waals surface area contributed by atoms with Gasteiger partial charge in [0.1, 0.15) is 0 Å². The molecule has 0 aliphatic rings. The highest BCUT2D eigenvalue weighted by Gasteiger charge is 2.14. The van der Waals surface area contributed by atoms with E-state index in [1.54, 1.807) is 0 Å². The summed E-state index contributed by atoms with van der Waals surface area (Å²) in [7, 11) is 0. The van der Waals surface area contributed by atoms with Crippen LogP contribution in [0.15, 0.2) is 36.5 Å². The summed E-state index contributed by atoms with van der Waals surface area (Å²) in [6.07, 6.45) is 1.90. The monoisotopic (exact) mass is 215 g/mol. The van der Waals surface area contributed by atoms with E-state index >= 15 is 0 Å². The third-order valence-electron chi connectivity index (χ3n) is 2.82. The van der Waals surface area contributed by atoms with Crippen molar-refractivity contribution in [1.82, 2.24) is 10.4 Å². The topological polar surface area (TPSA) is 50.9 Å². The lowest BCUT2D eigenvalue weighted by Crippen LogP contribution is -2.31. The van der Waals surface area contributed by atoms with E-state index in [0.717, 1.165) is 16.5 Å². The van der Waals surface area contributed by atoms with Crippen LogP contribution in [0.5, 0.6) is 0 Å². The molecule has 3 nitrogen and oxygen atoms in total. The summed E-state index contributed by atoms with van der Waals surface area (Å²) in [5, 5.41) is 1.15. The molecule has 0 radical (unpaired) electrons. The van der Waals surface area contributed by atoms with Crippen LogP contribution >= 0.6 is 0 Å². The van der Waals surface area contributed by atoms with Gasteiger partial charge in [0.15, 0.2) is 0 Å². The van der Waals surface area contributed by atoms with Crippen LogP contribution in [-0.2, 0) is 0 Å². The van der Waals surface area contributed by atoms with E-state index in [9.17, 15) is 0 Å². The van der Waals surface area contributed by atoms with Gasteiger partial charge < -0.3 is 0 Å². The molecule has 2 aromatic rings. The van der Waals surface area contributed by atoms with Crippen LogP contribution in [0.1, 0.15) is 25.5 Å². The number of hydrazine groups is 1. The lowest BCUT2D eigenvalue weighted by molar-refractivity contribution is 0.420. The zero-order chi connectivity index (χ0) is 11.5. The fourth-order valence-electron chi connectivity index (χ4n) is 1.93. The molecule has 3 heteroatoms. The second-order valence-electron chi connectivity index (χ2n) is 4.35. The van der Waals surface area contributed by atoms with Gasteiger partial charge >= 0.3 is 0 Å². The van der Waals surface area contributed by atoms with Crippen LogP contribution in [0.2, 0.25) is 0 Å². The van der Waals surface area contributed by atoms with E-state index in [4.69, 9.17) is 5.84 Å². The average Bonchev–Trinajstić information content (AvgIpc) is 2.29. The first-order chi connectivity index (χ1) is 7.72. The summed E-state index contributed by atoms with van der Waals surface area (Å²) >= 11 is 0. The molecular formula is C13H17N3. The second-order valence-corrected chi connectivity index (χ2v) is 4.35. The summed E-state index contributed by atoms with van der Waals surface area (Å²) in [6, 6.07) is 10.4. The van der Waals surface area contributed by atoms with Crippen molar-refractivity contribution in [3.8, 4) is 0 Å². The molecule has 84 valence electrons. The number of hydrogen-bond donors (Lipinski definition) is 2. The van der Waals surface area contributed by atoms with Gasteiger partial charge in [0, 0.05) is 17.6 Å². The van der Waals surface area contributed by atoms with E-state index in [1.807, 2.05) is 24.4 Å². The van der Waals surface area contributed by atoms with Crippen LogP contribution in [0, 0.1) is 5.92 Å². The predicted octanol–water partition coefficient (Wildman–Crippen LogP) is 2.40.